The summed E-state index contributed by atoms with van der Waals surface area (Å²) in [5.74, 6) is 0.317. The molecular weight excluding hydrogens is 769 g/mol. The Morgan fingerprint density at radius 1 is 0.484 bits per heavy atom. The number of nitrogens with zero attached hydrogens (tertiary/aromatic N) is 2. The molecule has 0 radical (unpaired) electrons. The van der Waals surface area contributed by atoms with E-state index in [1.807, 2.05) is 11.8 Å². The Balaban J connectivity index is 1.19. The van der Waals surface area contributed by atoms with Gasteiger partial charge in [0.2, 0.25) is 0 Å². The van der Waals surface area contributed by atoms with Crippen LogP contribution in [0, 0.1) is 0 Å². The van der Waals surface area contributed by atoms with Gasteiger partial charge in [0.25, 0.3) is 0 Å². The maximum atomic E-state index is 2.56. The number of para-hydroxylation sites is 5. The molecule has 9 aromatic carbocycles. The van der Waals surface area contributed by atoms with E-state index in [1.165, 1.54) is 65.3 Å². The van der Waals surface area contributed by atoms with Crippen LogP contribution < -0.4 is 4.90 Å². The third-order valence-electron chi connectivity index (χ3n) is 13.0. The molecule has 0 bridgehead atoms. The van der Waals surface area contributed by atoms with Crippen LogP contribution in [0.5, 0.6) is 0 Å². The van der Waals surface area contributed by atoms with Crippen molar-refractivity contribution >= 4 is 61.4 Å². The second kappa shape index (κ2) is 14.7. The minimum atomic E-state index is -0.0402. The topological polar surface area (TPSA) is 8.17 Å². The molecule has 2 atom stereocenters. The van der Waals surface area contributed by atoms with Crippen LogP contribution in [0.1, 0.15) is 18.4 Å². The van der Waals surface area contributed by atoms with Gasteiger partial charge in [-0.1, -0.05) is 194 Å². The normalized spacial score (nSPS) is 16.5. The van der Waals surface area contributed by atoms with Crippen LogP contribution in [0.25, 0.3) is 71.6 Å². The van der Waals surface area contributed by atoms with E-state index < -0.39 is 0 Å². The number of hydrogen-bond donors (Lipinski definition) is 0. The van der Waals surface area contributed by atoms with Gasteiger partial charge in [0, 0.05) is 43.1 Å². The summed E-state index contributed by atoms with van der Waals surface area (Å²) >= 11 is 2.00. The summed E-state index contributed by atoms with van der Waals surface area (Å²) in [5, 5.41) is 4.90. The van der Waals surface area contributed by atoms with Crippen LogP contribution in [0.3, 0.4) is 0 Å². The minimum absolute atomic E-state index is 0.0402. The number of rotatable bonds is 7. The van der Waals surface area contributed by atoms with E-state index in [0.29, 0.717) is 5.92 Å². The third-order valence-corrected chi connectivity index (χ3v) is 14.4. The lowest BCUT2D eigenvalue weighted by Crippen LogP contribution is -2.22. The second-order valence-electron chi connectivity index (χ2n) is 16.5. The average molecular weight is 811 g/mol. The first-order chi connectivity index (χ1) is 30.7. The Bertz CT molecular complexity index is 3410. The molecule has 1 aliphatic heterocycles. The largest absolute Gasteiger partial charge is 0.307 e. The molecule has 294 valence electrons. The molecule has 0 saturated carbocycles. The molecule has 0 spiro atoms. The van der Waals surface area contributed by atoms with Crippen molar-refractivity contribution in [2.45, 2.75) is 22.5 Å². The van der Waals surface area contributed by atoms with Gasteiger partial charge in [-0.2, -0.15) is 0 Å². The fraction of sp³-hybridized carbons (Fsp3) is 0.0508. The molecule has 1 aromatic heterocycles. The van der Waals surface area contributed by atoms with E-state index in [9.17, 15) is 0 Å². The van der Waals surface area contributed by atoms with Gasteiger partial charge < -0.3 is 9.47 Å². The molecule has 12 rings (SSSR count). The molecular formula is C59H42N2S. The Morgan fingerprint density at radius 3 is 1.85 bits per heavy atom. The van der Waals surface area contributed by atoms with E-state index in [4.69, 9.17) is 0 Å². The van der Waals surface area contributed by atoms with Crippen LogP contribution in [0.4, 0.5) is 17.1 Å². The predicted molar refractivity (Wildman–Crippen MR) is 265 cm³/mol. The van der Waals surface area contributed by atoms with Gasteiger partial charge in [-0.05, 0) is 81.9 Å². The Morgan fingerprint density at radius 2 is 1.06 bits per heavy atom. The second-order valence-corrected chi connectivity index (χ2v) is 18.0. The first-order valence-corrected chi connectivity index (χ1v) is 22.3. The summed E-state index contributed by atoms with van der Waals surface area (Å²) < 4.78 is 2.42. The molecule has 0 fully saturated rings. The molecule has 0 N–H and O–H groups in total. The van der Waals surface area contributed by atoms with Crippen LogP contribution in [-0.2, 0) is 0 Å². The molecule has 2 nitrogen and oxygen atoms in total. The van der Waals surface area contributed by atoms with Gasteiger partial charge in [0.1, 0.15) is 0 Å². The Hall–Kier alpha value is -7.33. The smallest absolute Gasteiger partial charge is 0.0782 e. The van der Waals surface area contributed by atoms with E-state index in [1.54, 1.807) is 0 Å². The van der Waals surface area contributed by atoms with Gasteiger partial charge in [-0.15, -0.1) is 11.8 Å². The zero-order chi connectivity index (χ0) is 41.2. The molecule has 0 amide bonds. The van der Waals surface area contributed by atoms with Crippen molar-refractivity contribution in [1.29, 1.82) is 0 Å². The standard InChI is InChI=1S/C59H42N2S/c1-59-39-15-14-34-51(59)50-33-18-32-49(58(50)62-59)46-28-10-13-37-54(46)61(55-38-19-31-48-45-27-9-11-35-52(45)60(57(48)55)42-24-6-3-7-25-42)53-36-12-8-26-44(53)47-30-17-23-41-22-16-29-43(56(41)47)40-20-4-2-5-21-40/h2-39,51H,1H3. The fourth-order valence-corrected chi connectivity index (χ4v) is 11.7. The quantitative estimate of drug-likeness (QED) is 0.158. The van der Waals surface area contributed by atoms with Crippen LogP contribution in [0.2, 0.25) is 0 Å². The highest BCUT2D eigenvalue weighted by Gasteiger charge is 2.42. The van der Waals surface area contributed by atoms with Crippen molar-refractivity contribution < 1.29 is 0 Å². The summed E-state index contributed by atoms with van der Waals surface area (Å²) in [5.41, 5.74) is 15.5. The van der Waals surface area contributed by atoms with Crippen molar-refractivity contribution in [3.8, 4) is 39.1 Å². The summed E-state index contributed by atoms with van der Waals surface area (Å²) in [4.78, 5) is 3.91. The maximum absolute atomic E-state index is 2.56. The lowest BCUT2D eigenvalue weighted by molar-refractivity contribution is 0.702. The zero-order valence-corrected chi connectivity index (χ0v) is 35.1. The number of allylic oxidation sites excluding steroid dienone is 3. The molecule has 62 heavy (non-hydrogen) atoms. The lowest BCUT2D eigenvalue weighted by atomic mass is 9.83. The number of aromatic nitrogens is 1. The number of anilines is 3. The predicted octanol–water partition coefficient (Wildman–Crippen LogP) is 16.5. The minimum Gasteiger partial charge on any atom is -0.307 e. The SMILES string of the molecule is CC12C=CC=CC1c1cccc(-c3ccccc3N(c3ccccc3-c3cccc4cccc(-c5ccccc5)c34)c3cccc4c5ccccc5n(-c5ccccc5)c34)c1S2. The number of hydrogen-bond acceptors (Lipinski definition) is 2. The number of benzene rings is 9. The first kappa shape index (κ1) is 36.5. The molecule has 0 saturated heterocycles. The van der Waals surface area contributed by atoms with Crippen molar-refractivity contribution in [3.63, 3.8) is 0 Å². The molecule has 2 unspecified atom stereocenters. The zero-order valence-electron chi connectivity index (χ0n) is 34.3. The highest BCUT2D eigenvalue weighted by atomic mass is 32.2. The molecule has 2 aliphatic rings. The molecule has 1 aliphatic carbocycles. The molecule has 2 heterocycles. The van der Waals surface area contributed by atoms with Gasteiger partial charge in [0.05, 0.1) is 28.1 Å². The van der Waals surface area contributed by atoms with E-state index in [2.05, 4.69) is 247 Å². The van der Waals surface area contributed by atoms with Gasteiger partial charge in [-0.3, -0.25) is 0 Å². The highest BCUT2D eigenvalue weighted by molar-refractivity contribution is 8.01. The lowest BCUT2D eigenvalue weighted by Gasteiger charge is -2.31. The van der Waals surface area contributed by atoms with Gasteiger partial charge in [0.15, 0.2) is 0 Å². The van der Waals surface area contributed by atoms with E-state index in [-0.39, 0.29) is 4.75 Å². The third kappa shape index (κ3) is 5.73. The summed E-state index contributed by atoms with van der Waals surface area (Å²) in [7, 11) is 0. The Kier molecular flexibility index (Phi) is 8.65. The van der Waals surface area contributed by atoms with Gasteiger partial charge in [-0.25, -0.2) is 0 Å². The van der Waals surface area contributed by atoms with E-state index in [0.717, 1.165) is 33.8 Å². The van der Waals surface area contributed by atoms with E-state index >= 15 is 0 Å². The first-order valence-electron chi connectivity index (χ1n) is 21.5. The van der Waals surface area contributed by atoms with Crippen molar-refractivity contribution in [3.05, 3.63) is 236 Å². The fourth-order valence-electron chi connectivity index (χ4n) is 10.2. The summed E-state index contributed by atoms with van der Waals surface area (Å²) in [6, 6.07) is 75.8. The summed E-state index contributed by atoms with van der Waals surface area (Å²) in [6.07, 6.45) is 9.20. The number of fused-ring (bicyclic) bond motifs is 7. The van der Waals surface area contributed by atoms with Crippen molar-refractivity contribution in [1.82, 2.24) is 4.57 Å². The maximum Gasteiger partial charge on any atom is 0.0782 e. The number of thioether (sulfide) groups is 1. The van der Waals surface area contributed by atoms with Gasteiger partial charge >= 0.3 is 0 Å². The van der Waals surface area contributed by atoms with Crippen LogP contribution in [0.15, 0.2) is 235 Å². The van der Waals surface area contributed by atoms with Crippen LogP contribution in [-0.4, -0.2) is 9.31 Å². The average Bonchev–Trinajstić information content (AvgIpc) is 3.84. The van der Waals surface area contributed by atoms with Crippen LogP contribution >= 0.6 is 11.8 Å². The van der Waals surface area contributed by atoms with Crippen molar-refractivity contribution in [2.24, 2.45) is 0 Å². The molecule has 3 heteroatoms. The molecule has 10 aromatic rings. The highest BCUT2D eigenvalue weighted by Crippen LogP contribution is 2.59. The van der Waals surface area contributed by atoms with Crippen molar-refractivity contribution in [2.75, 3.05) is 4.90 Å². The summed E-state index contributed by atoms with van der Waals surface area (Å²) in [6.45, 7) is 2.39. The monoisotopic (exact) mass is 810 g/mol. The Labute approximate surface area is 366 Å².